The second-order valence-electron chi connectivity index (χ2n) is 2.90. The van der Waals surface area contributed by atoms with Gasteiger partial charge in [-0.15, -0.1) is 0 Å². The van der Waals surface area contributed by atoms with Gasteiger partial charge < -0.3 is 5.11 Å². The topological polar surface area (TPSA) is 37.3 Å². The summed E-state index contributed by atoms with van der Waals surface area (Å²) in [6.07, 6.45) is 4.12. The van der Waals surface area contributed by atoms with Gasteiger partial charge in [-0.05, 0) is 30.5 Å². The number of benzene rings is 1. The molecule has 0 saturated heterocycles. The van der Waals surface area contributed by atoms with Gasteiger partial charge in [0.2, 0.25) is 0 Å². The lowest BCUT2D eigenvalue weighted by Crippen LogP contribution is -1.96. The van der Waals surface area contributed by atoms with Crippen molar-refractivity contribution in [2.45, 2.75) is 19.8 Å². The van der Waals surface area contributed by atoms with Gasteiger partial charge >= 0.3 is 5.97 Å². The van der Waals surface area contributed by atoms with E-state index in [9.17, 15) is 4.79 Å². The molecule has 0 spiro atoms. The summed E-state index contributed by atoms with van der Waals surface area (Å²) in [4.78, 5) is 10.5. The van der Waals surface area contributed by atoms with Gasteiger partial charge in [0.25, 0.3) is 0 Å². The number of hydrogen-bond acceptors (Lipinski definition) is 1. The molecule has 0 aromatic heterocycles. The number of carboxylic acid groups (broad SMARTS) is 1. The number of rotatable bonds is 4. The molecule has 0 amide bonds. The fraction of sp³-hybridized carbons (Fsp3) is 0.273. The minimum Gasteiger partial charge on any atom is -0.478 e. The minimum atomic E-state index is -0.869. The third kappa shape index (κ3) is 2.90. The molecule has 0 bridgehead atoms. The molecule has 0 fully saturated rings. The molecule has 1 radical (unpaired) electrons. The molecule has 2 nitrogen and oxygen atoms in total. The van der Waals surface area contributed by atoms with Crippen LogP contribution in [-0.4, -0.2) is 11.1 Å². The maximum absolute atomic E-state index is 10.5. The van der Waals surface area contributed by atoms with E-state index in [0.29, 0.717) is 5.56 Å². The zero-order valence-electron chi connectivity index (χ0n) is 7.66. The number of hydrogen-bond donors (Lipinski definition) is 1. The average molecular weight is 177 g/mol. The van der Waals surface area contributed by atoms with Gasteiger partial charge in [-0.25, -0.2) is 4.79 Å². The van der Waals surface area contributed by atoms with E-state index in [-0.39, 0.29) is 0 Å². The van der Waals surface area contributed by atoms with Crippen LogP contribution in [0.25, 0.3) is 0 Å². The highest BCUT2D eigenvalue weighted by Crippen LogP contribution is 2.07. The van der Waals surface area contributed by atoms with Gasteiger partial charge in [-0.1, -0.05) is 25.5 Å². The first kappa shape index (κ1) is 9.78. The van der Waals surface area contributed by atoms with Crippen molar-refractivity contribution >= 4 is 5.97 Å². The summed E-state index contributed by atoms with van der Waals surface area (Å²) in [7, 11) is 0. The molecule has 0 heterocycles. The SMILES string of the molecule is CC[CH]Cc1ccc(C(=O)O)cc1. The molecule has 1 aromatic rings. The van der Waals surface area contributed by atoms with Crippen molar-refractivity contribution < 1.29 is 9.90 Å². The Morgan fingerprint density at radius 3 is 2.46 bits per heavy atom. The fourth-order valence-corrected chi connectivity index (χ4v) is 1.09. The molecule has 0 aliphatic carbocycles. The Morgan fingerprint density at radius 1 is 1.38 bits per heavy atom. The summed E-state index contributed by atoms with van der Waals surface area (Å²) < 4.78 is 0. The Bertz CT molecular complexity index is 275. The highest BCUT2D eigenvalue weighted by atomic mass is 16.4. The maximum atomic E-state index is 10.5. The lowest BCUT2D eigenvalue weighted by molar-refractivity contribution is 0.0697. The van der Waals surface area contributed by atoms with E-state index < -0.39 is 5.97 Å². The first-order valence-corrected chi connectivity index (χ1v) is 4.38. The quantitative estimate of drug-likeness (QED) is 0.767. The molecule has 13 heavy (non-hydrogen) atoms. The highest BCUT2D eigenvalue weighted by molar-refractivity contribution is 5.87. The van der Waals surface area contributed by atoms with Gasteiger partial charge in [-0.2, -0.15) is 0 Å². The molecule has 0 aliphatic heterocycles. The zero-order chi connectivity index (χ0) is 9.68. The second-order valence-corrected chi connectivity index (χ2v) is 2.90. The molecular weight excluding hydrogens is 164 g/mol. The predicted octanol–water partition coefficient (Wildman–Crippen LogP) is 2.54. The third-order valence-electron chi connectivity index (χ3n) is 1.87. The minimum absolute atomic E-state index is 0.347. The molecular formula is C11H13O2. The van der Waals surface area contributed by atoms with Crippen LogP contribution >= 0.6 is 0 Å². The number of unbranched alkanes of at least 4 members (excludes halogenated alkanes) is 1. The fourth-order valence-electron chi connectivity index (χ4n) is 1.09. The molecule has 2 heteroatoms. The van der Waals surface area contributed by atoms with E-state index in [1.807, 2.05) is 12.1 Å². The van der Waals surface area contributed by atoms with Crippen molar-refractivity contribution in [3.05, 3.63) is 41.8 Å². The van der Waals surface area contributed by atoms with E-state index in [1.54, 1.807) is 12.1 Å². The Balaban J connectivity index is 2.64. The summed E-state index contributed by atoms with van der Waals surface area (Å²) in [5, 5.41) is 8.64. The van der Waals surface area contributed by atoms with Crippen LogP contribution in [0, 0.1) is 6.42 Å². The van der Waals surface area contributed by atoms with Crippen molar-refractivity contribution in [2.24, 2.45) is 0 Å². The van der Waals surface area contributed by atoms with E-state index in [2.05, 4.69) is 13.3 Å². The molecule has 1 N–H and O–H groups in total. The second kappa shape index (κ2) is 4.65. The van der Waals surface area contributed by atoms with Gasteiger partial charge in [0.05, 0.1) is 5.56 Å². The molecule has 0 unspecified atom stereocenters. The molecule has 0 atom stereocenters. The van der Waals surface area contributed by atoms with Crippen LogP contribution in [0.4, 0.5) is 0 Å². The van der Waals surface area contributed by atoms with Crippen molar-refractivity contribution in [3.63, 3.8) is 0 Å². The average Bonchev–Trinajstić information content (AvgIpc) is 2.15. The van der Waals surface area contributed by atoms with E-state index in [4.69, 9.17) is 5.11 Å². The summed E-state index contributed by atoms with van der Waals surface area (Å²) in [6, 6.07) is 6.99. The number of carboxylic acids is 1. The molecule has 69 valence electrons. The van der Waals surface area contributed by atoms with Crippen LogP contribution in [0.5, 0.6) is 0 Å². The van der Waals surface area contributed by atoms with E-state index in [1.165, 1.54) is 0 Å². The molecule has 1 rings (SSSR count). The largest absolute Gasteiger partial charge is 0.478 e. The third-order valence-corrected chi connectivity index (χ3v) is 1.87. The van der Waals surface area contributed by atoms with Crippen LogP contribution in [0.1, 0.15) is 29.3 Å². The van der Waals surface area contributed by atoms with Gasteiger partial charge in [0.1, 0.15) is 0 Å². The van der Waals surface area contributed by atoms with Crippen LogP contribution in [-0.2, 0) is 6.42 Å². The first-order chi connectivity index (χ1) is 6.24. The normalized spacial score (nSPS) is 9.92. The summed E-state index contributed by atoms with van der Waals surface area (Å²) in [6.45, 7) is 2.09. The number of carbonyl (C=O) groups is 1. The Kier molecular flexibility index (Phi) is 3.50. The highest BCUT2D eigenvalue weighted by Gasteiger charge is 2.00. The summed E-state index contributed by atoms with van der Waals surface area (Å²) in [5.41, 5.74) is 1.51. The van der Waals surface area contributed by atoms with Crippen molar-refractivity contribution in [2.75, 3.05) is 0 Å². The van der Waals surface area contributed by atoms with Crippen molar-refractivity contribution in [1.82, 2.24) is 0 Å². The maximum Gasteiger partial charge on any atom is 0.335 e. The van der Waals surface area contributed by atoms with E-state index >= 15 is 0 Å². The Morgan fingerprint density at radius 2 is 2.00 bits per heavy atom. The van der Waals surface area contributed by atoms with Crippen molar-refractivity contribution in [3.8, 4) is 0 Å². The monoisotopic (exact) mass is 177 g/mol. The van der Waals surface area contributed by atoms with Crippen LogP contribution in [0.15, 0.2) is 24.3 Å². The summed E-state index contributed by atoms with van der Waals surface area (Å²) in [5.74, 6) is -0.869. The summed E-state index contributed by atoms with van der Waals surface area (Å²) >= 11 is 0. The zero-order valence-corrected chi connectivity index (χ0v) is 7.66. The Labute approximate surface area is 78.2 Å². The van der Waals surface area contributed by atoms with Crippen molar-refractivity contribution in [1.29, 1.82) is 0 Å². The first-order valence-electron chi connectivity index (χ1n) is 4.38. The standard InChI is InChI=1S/C11H13O2/c1-2-3-4-9-5-7-10(8-6-9)11(12)13/h3,5-8H,2,4H2,1H3,(H,12,13). The van der Waals surface area contributed by atoms with Crippen LogP contribution in [0.3, 0.4) is 0 Å². The molecule has 1 aromatic carbocycles. The molecule has 0 aliphatic rings. The lowest BCUT2D eigenvalue weighted by atomic mass is 10.1. The van der Waals surface area contributed by atoms with Gasteiger partial charge in [0.15, 0.2) is 0 Å². The van der Waals surface area contributed by atoms with Gasteiger partial charge in [-0.3, -0.25) is 0 Å². The lowest BCUT2D eigenvalue weighted by Gasteiger charge is -1.99. The van der Waals surface area contributed by atoms with Gasteiger partial charge in [0, 0.05) is 0 Å². The Hall–Kier alpha value is -1.31. The number of aromatic carboxylic acids is 1. The van der Waals surface area contributed by atoms with Crippen LogP contribution < -0.4 is 0 Å². The predicted molar refractivity (Wildman–Crippen MR) is 51.7 cm³/mol. The van der Waals surface area contributed by atoms with Crippen LogP contribution in [0.2, 0.25) is 0 Å². The molecule has 0 saturated carbocycles. The van der Waals surface area contributed by atoms with E-state index in [0.717, 1.165) is 18.4 Å². The smallest absolute Gasteiger partial charge is 0.335 e.